The minimum absolute atomic E-state index is 0.165. The molecule has 3 amide bonds. The van der Waals surface area contributed by atoms with Gasteiger partial charge in [0.1, 0.15) is 11.4 Å². The molecule has 3 heterocycles. The van der Waals surface area contributed by atoms with E-state index < -0.39 is 53.1 Å². The smallest absolute Gasteiger partial charge is 0.250 e. The van der Waals surface area contributed by atoms with E-state index in [0.717, 1.165) is 4.90 Å². The van der Waals surface area contributed by atoms with Gasteiger partial charge in [-0.3, -0.25) is 24.6 Å². The van der Waals surface area contributed by atoms with E-state index in [9.17, 15) is 23.9 Å². The molecule has 3 N–H and O–H groups in total. The molecule has 9 heteroatoms. The molecule has 5 atom stereocenters. The number of carbonyl (C=O) groups excluding carboxylic acids is 3. The van der Waals surface area contributed by atoms with E-state index >= 15 is 0 Å². The number of ether oxygens (including phenoxy) is 1. The van der Waals surface area contributed by atoms with Gasteiger partial charge in [-0.2, -0.15) is 0 Å². The minimum atomic E-state index is -1.59. The molecular weight excluding hydrogens is 369 g/mol. The molecule has 3 aliphatic rings. The van der Waals surface area contributed by atoms with E-state index in [0.29, 0.717) is 18.7 Å². The largest absolute Gasteiger partial charge is 0.392 e. The van der Waals surface area contributed by atoms with Crippen LogP contribution in [0.15, 0.2) is 18.2 Å². The number of hydrogen-bond donors (Lipinski definition) is 3. The van der Waals surface area contributed by atoms with Crippen LogP contribution in [0, 0.1) is 17.7 Å². The van der Waals surface area contributed by atoms with Crippen LogP contribution in [0.1, 0.15) is 18.9 Å². The summed E-state index contributed by atoms with van der Waals surface area (Å²) in [5, 5.41) is 16.0. The zero-order valence-corrected chi connectivity index (χ0v) is 15.6. The highest BCUT2D eigenvalue weighted by Gasteiger charge is 2.71. The first-order chi connectivity index (χ1) is 13.3. The van der Waals surface area contributed by atoms with Crippen LogP contribution >= 0.6 is 0 Å². The molecule has 0 saturated carbocycles. The van der Waals surface area contributed by atoms with Crippen LogP contribution in [-0.2, 0) is 24.7 Å². The molecule has 28 heavy (non-hydrogen) atoms. The van der Waals surface area contributed by atoms with Gasteiger partial charge in [-0.25, -0.2) is 4.39 Å². The number of nitrogens with one attached hydrogen (secondary N) is 2. The molecule has 5 unspecified atom stereocenters. The van der Waals surface area contributed by atoms with E-state index in [2.05, 4.69) is 10.6 Å². The number of benzene rings is 1. The van der Waals surface area contributed by atoms with Crippen LogP contribution in [0.3, 0.4) is 0 Å². The fraction of sp³-hybridized carbons (Fsp3) is 0.526. The average molecular weight is 391 g/mol. The Kier molecular flexibility index (Phi) is 4.48. The van der Waals surface area contributed by atoms with Crippen molar-refractivity contribution in [2.24, 2.45) is 11.8 Å². The van der Waals surface area contributed by atoms with Crippen LogP contribution < -0.4 is 10.6 Å². The first kappa shape index (κ1) is 19.0. The lowest BCUT2D eigenvalue weighted by atomic mass is 9.76. The van der Waals surface area contributed by atoms with Crippen molar-refractivity contribution in [1.82, 2.24) is 10.2 Å². The van der Waals surface area contributed by atoms with Crippen LogP contribution in [-0.4, -0.2) is 60.1 Å². The van der Waals surface area contributed by atoms with Gasteiger partial charge in [0.15, 0.2) is 0 Å². The van der Waals surface area contributed by atoms with Gasteiger partial charge in [0.05, 0.1) is 17.9 Å². The van der Waals surface area contributed by atoms with Crippen molar-refractivity contribution in [1.29, 1.82) is 0 Å². The number of anilines is 1. The number of methoxy groups -OCH3 is 1. The Hall–Kier alpha value is -2.36. The zero-order valence-electron chi connectivity index (χ0n) is 15.6. The number of fused-ring (bicyclic) bond motifs is 4. The van der Waals surface area contributed by atoms with Gasteiger partial charge < -0.3 is 15.2 Å². The SMILES string of the molecule is COCCCN1C(=O)C2C(C(C)O)NC3(C(=O)Nc4ccc(F)cc43)C2C1=O. The highest BCUT2D eigenvalue weighted by atomic mass is 19.1. The number of amides is 3. The van der Waals surface area contributed by atoms with Gasteiger partial charge >= 0.3 is 0 Å². The molecule has 0 aliphatic carbocycles. The second kappa shape index (κ2) is 6.61. The second-order valence-electron chi connectivity index (χ2n) is 7.54. The summed E-state index contributed by atoms with van der Waals surface area (Å²) in [5.74, 6) is -3.96. The normalized spacial score (nSPS) is 32.1. The van der Waals surface area contributed by atoms with Crippen molar-refractivity contribution in [2.75, 3.05) is 25.6 Å². The van der Waals surface area contributed by atoms with Gasteiger partial charge in [-0.1, -0.05) is 0 Å². The third-order valence-corrected chi connectivity index (χ3v) is 5.95. The first-order valence-electron chi connectivity index (χ1n) is 9.24. The molecule has 0 aromatic heterocycles. The summed E-state index contributed by atoms with van der Waals surface area (Å²) < 4.78 is 19.0. The molecule has 4 rings (SSSR count). The van der Waals surface area contributed by atoms with Crippen molar-refractivity contribution in [3.05, 3.63) is 29.6 Å². The molecule has 8 nitrogen and oxygen atoms in total. The number of rotatable bonds is 5. The maximum Gasteiger partial charge on any atom is 0.250 e. The lowest BCUT2D eigenvalue weighted by Crippen LogP contribution is -2.54. The van der Waals surface area contributed by atoms with Crippen molar-refractivity contribution in [3.63, 3.8) is 0 Å². The fourth-order valence-electron chi connectivity index (χ4n) is 4.77. The lowest BCUT2D eigenvalue weighted by Gasteiger charge is -2.30. The Bertz CT molecular complexity index is 860. The zero-order chi connectivity index (χ0) is 20.2. The average Bonchev–Trinajstić information content (AvgIpc) is 3.23. The topological polar surface area (TPSA) is 108 Å². The summed E-state index contributed by atoms with van der Waals surface area (Å²) in [6.45, 7) is 2.04. The number of aliphatic hydroxyl groups is 1. The summed E-state index contributed by atoms with van der Waals surface area (Å²) in [4.78, 5) is 40.4. The third-order valence-electron chi connectivity index (χ3n) is 5.95. The summed E-state index contributed by atoms with van der Waals surface area (Å²) in [5.41, 5.74) is -0.913. The van der Waals surface area contributed by atoms with Gasteiger partial charge in [0, 0.05) is 37.6 Å². The predicted molar refractivity (Wildman–Crippen MR) is 95.5 cm³/mol. The third kappa shape index (κ3) is 2.43. The minimum Gasteiger partial charge on any atom is -0.392 e. The van der Waals surface area contributed by atoms with E-state index in [4.69, 9.17) is 4.74 Å². The molecule has 0 radical (unpaired) electrons. The Morgan fingerprint density at radius 1 is 1.32 bits per heavy atom. The van der Waals surface area contributed by atoms with Gasteiger partial charge in [0.2, 0.25) is 17.7 Å². The molecule has 2 saturated heterocycles. The van der Waals surface area contributed by atoms with E-state index in [-0.39, 0.29) is 12.1 Å². The monoisotopic (exact) mass is 391 g/mol. The molecule has 1 aromatic rings. The molecule has 2 fully saturated rings. The van der Waals surface area contributed by atoms with Crippen LogP contribution in [0.5, 0.6) is 0 Å². The Labute approximate surface area is 161 Å². The van der Waals surface area contributed by atoms with Crippen LogP contribution in [0.4, 0.5) is 10.1 Å². The number of hydrogen-bond acceptors (Lipinski definition) is 6. The number of nitrogens with zero attached hydrogens (tertiary/aromatic N) is 1. The second-order valence-corrected chi connectivity index (χ2v) is 7.54. The van der Waals surface area contributed by atoms with E-state index in [1.807, 2.05) is 0 Å². The van der Waals surface area contributed by atoms with Crippen molar-refractivity contribution in [2.45, 2.75) is 31.0 Å². The van der Waals surface area contributed by atoms with Gasteiger partial charge in [0.25, 0.3) is 0 Å². The van der Waals surface area contributed by atoms with Crippen molar-refractivity contribution < 1.29 is 28.6 Å². The lowest BCUT2D eigenvalue weighted by molar-refractivity contribution is -0.143. The molecule has 0 bridgehead atoms. The molecule has 1 spiro atoms. The maximum absolute atomic E-state index is 14.0. The number of likely N-dealkylation sites (tertiary alicyclic amines) is 1. The summed E-state index contributed by atoms with van der Waals surface area (Å²) in [7, 11) is 1.53. The number of halogens is 1. The van der Waals surface area contributed by atoms with E-state index in [1.165, 1.54) is 32.2 Å². The highest BCUT2D eigenvalue weighted by molar-refractivity contribution is 6.15. The van der Waals surface area contributed by atoms with Crippen molar-refractivity contribution >= 4 is 23.4 Å². The van der Waals surface area contributed by atoms with E-state index in [1.54, 1.807) is 0 Å². The van der Waals surface area contributed by atoms with Gasteiger partial charge in [-0.05, 0) is 31.5 Å². The summed E-state index contributed by atoms with van der Waals surface area (Å²) >= 11 is 0. The highest BCUT2D eigenvalue weighted by Crippen LogP contribution is 2.53. The standard InChI is InChI=1S/C19H22FN3O5/c1-9(24)15-13-14(17(26)23(16(13)25)6-3-7-28-2)19(22-15)11-8-10(20)4-5-12(11)21-18(19)27/h4-5,8-9,13-15,22,24H,3,6-7H2,1-2H3,(H,21,27). The Morgan fingerprint density at radius 2 is 2.07 bits per heavy atom. The Balaban J connectivity index is 1.81. The molecule has 1 aromatic carbocycles. The number of aliphatic hydroxyl groups excluding tert-OH is 1. The number of carbonyl (C=O) groups is 3. The predicted octanol–water partition coefficient (Wildman–Crippen LogP) is -0.0366. The molecule has 150 valence electrons. The van der Waals surface area contributed by atoms with Crippen LogP contribution in [0.2, 0.25) is 0 Å². The molecular formula is C19H22FN3O5. The quantitative estimate of drug-likeness (QED) is 0.480. The fourth-order valence-corrected chi connectivity index (χ4v) is 4.77. The molecule has 3 aliphatic heterocycles. The van der Waals surface area contributed by atoms with Crippen LogP contribution in [0.25, 0.3) is 0 Å². The first-order valence-corrected chi connectivity index (χ1v) is 9.24. The summed E-state index contributed by atoms with van der Waals surface area (Å²) in [6.07, 6.45) is -0.530. The Morgan fingerprint density at radius 3 is 2.75 bits per heavy atom. The summed E-state index contributed by atoms with van der Waals surface area (Å²) in [6, 6.07) is 3.04. The van der Waals surface area contributed by atoms with Crippen molar-refractivity contribution in [3.8, 4) is 0 Å². The number of imide groups is 1. The maximum atomic E-state index is 14.0. The van der Waals surface area contributed by atoms with Gasteiger partial charge in [-0.15, -0.1) is 0 Å².